The van der Waals surface area contributed by atoms with E-state index in [1.54, 1.807) is 28.6 Å². The quantitative estimate of drug-likeness (QED) is 0.670. The fraction of sp³-hybridized carbons (Fsp3) is 0.400. The summed E-state index contributed by atoms with van der Waals surface area (Å²) in [5, 5.41) is 1.08. The molecule has 7 nitrogen and oxygen atoms in total. The predicted molar refractivity (Wildman–Crippen MR) is 111 cm³/mol. The molecule has 4 rings (SSSR count). The molecule has 1 fully saturated rings. The molecule has 0 aliphatic carbocycles. The van der Waals surface area contributed by atoms with Gasteiger partial charge >= 0.3 is 6.09 Å². The molecule has 3 aromatic rings. The zero-order valence-electron chi connectivity index (χ0n) is 16.1. The van der Waals surface area contributed by atoms with E-state index in [1.165, 1.54) is 4.88 Å². The van der Waals surface area contributed by atoms with E-state index in [9.17, 15) is 4.79 Å². The van der Waals surface area contributed by atoms with Crippen LogP contribution in [0.3, 0.4) is 0 Å². The van der Waals surface area contributed by atoms with Crippen molar-refractivity contribution in [3.8, 4) is 11.4 Å². The van der Waals surface area contributed by atoms with E-state index in [1.807, 2.05) is 19.1 Å². The molecule has 1 aliphatic heterocycles. The summed E-state index contributed by atoms with van der Waals surface area (Å²) in [5.41, 5.74) is 0.905. The molecule has 8 heteroatoms. The number of amides is 1. The molecule has 0 N–H and O–H groups in total. The third kappa shape index (κ3) is 3.64. The Bertz CT molecular complexity index is 967. The van der Waals surface area contributed by atoms with Gasteiger partial charge in [-0.05, 0) is 31.5 Å². The van der Waals surface area contributed by atoms with Crippen molar-refractivity contribution in [2.75, 3.05) is 37.7 Å². The van der Waals surface area contributed by atoms with Crippen LogP contribution in [0.15, 0.2) is 30.6 Å². The Kier molecular flexibility index (Phi) is 5.38. The number of thiophene rings is 1. The van der Waals surface area contributed by atoms with Gasteiger partial charge in [-0.3, -0.25) is 4.98 Å². The number of carbonyl (C=O) groups excluding carboxylic acids is 1. The summed E-state index contributed by atoms with van der Waals surface area (Å²) in [5.74, 6) is 1.62. The number of piperazine rings is 1. The Hall–Kier alpha value is -2.74. The highest BCUT2D eigenvalue weighted by atomic mass is 32.1. The number of pyridine rings is 1. The zero-order chi connectivity index (χ0) is 19.5. The summed E-state index contributed by atoms with van der Waals surface area (Å²) >= 11 is 1.71. The molecule has 0 atom stereocenters. The normalized spacial score (nSPS) is 14.5. The molecular formula is C20H23N5O2S. The van der Waals surface area contributed by atoms with E-state index < -0.39 is 0 Å². The maximum atomic E-state index is 12.0. The summed E-state index contributed by atoms with van der Waals surface area (Å²) in [6, 6.07) is 6.07. The summed E-state index contributed by atoms with van der Waals surface area (Å²) in [4.78, 5) is 32.2. The molecule has 3 aromatic heterocycles. The van der Waals surface area contributed by atoms with Gasteiger partial charge in [0.15, 0.2) is 5.82 Å². The van der Waals surface area contributed by atoms with Gasteiger partial charge in [0.25, 0.3) is 0 Å². The zero-order valence-corrected chi connectivity index (χ0v) is 16.9. The van der Waals surface area contributed by atoms with Crippen molar-refractivity contribution in [2.45, 2.75) is 20.3 Å². The van der Waals surface area contributed by atoms with Crippen LogP contribution in [0.4, 0.5) is 10.6 Å². The number of hydrogen-bond acceptors (Lipinski definition) is 7. The second kappa shape index (κ2) is 8.10. The maximum Gasteiger partial charge on any atom is 0.409 e. The van der Waals surface area contributed by atoms with Crippen molar-refractivity contribution < 1.29 is 9.53 Å². The average molecular weight is 398 g/mol. The second-order valence-electron chi connectivity index (χ2n) is 6.57. The van der Waals surface area contributed by atoms with Crippen LogP contribution in [0, 0.1) is 0 Å². The molecule has 1 saturated heterocycles. The van der Waals surface area contributed by atoms with Gasteiger partial charge in [0.05, 0.1) is 12.0 Å². The van der Waals surface area contributed by atoms with Crippen molar-refractivity contribution in [2.24, 2.45) is 0 Å². The van der Waals surface area contributed by atoms with E-state index in [0.717, 1.165) is 28.0 Å². The summed E-state index contributed by atoms with van der Waals surface area (Å²) in [6.45, 7) is 7.05. The van der Waals surface area contributed by atoms with Crippen molar-refractivity contribution >= 4 is 33.5 Å². The molecule has 28 heavy (non-hydrogen) atoms. The van der Waals surface area contributed by atoms with Crippen LogP contribution in [0.1, 0.15) is 18.7 Å². The SMILES string of the molecule is CCOC(=O)N1CCN(c2nc(-c3cccnc3)nc3sc(CC)cc23)CC1. The van der Waals surface area contributed by atoms with E-state index >= 15 is 0 Å². The molecule has 0 radical (unpaired) electrons. The maximum absolute atomic E-state index is 12.0. The van der Waals surface area contributed by atoms with Crippen LogP contribution in [0.25, 0.3) is 21.6 Å². The third-order valence-corrected chi connectivity index (χ3v) is 5.97. The Balaban J connectivity index is 1.68. The first-order valence-corrected chi connectivity index (χ1v) is 10.4. The van der Waals surface area contributed by atoms with Gasteiger partial charge in [-0.25, -0.2) is 14.8 Å². The minimum Gasteiger partial charge on any atom is -0.450 e. The number of nitrogens with zero attached hydrogens (tertiary/aromatic N) is 5. The molecule has 0 saturated carbocycles. The van der Waals surface area contributed by atoms with Gasteiger partial charge in [0.1, 0.15) is 10.6 Å². The van der Waals surface area contributed by atoms with Crippen LogP contribution < -0.4 is 4.90 Å². The molecular weight excluding hydrogens is 374 g/mol. The third-order valence-electron chi connectivity index (χ3n) is 4.80. The molecule has 0 spiro atoms. The standard InChI is InChI=1S/C20H23N5O2S/c1-3-15-12-16-18(24-8-10-25(11-9-24)20(26)27-4-2)22-17(23-19(16)28-15)14-6-5-7-21-13-14/h5-7,12-13H,3-4,8-11H2,1-2H3. The Morgan fingerprint density at radius 2 is 2.04 bits per heavy atom. The molecule has 0 unspecified atom stereocenters. The van der Waals surface area contributed by atoms with Gasteiger partial charge in [-0.2, -0.15) is 0 Å². The first-order chi connectivity index (χ1) is 13.7. The van der Waals surface area contributed by atoms with Crippen molar-refractivity contribution in [1.29, 1.82) is 0 Å². The minimum absolute atomic E-state index is 0.241. The number of carbonyl (C=O) groups is 1. The van der Waals surface area contributed by atoms with E-state index in [-0.39, 0.29) is 6.09 Å². The Morgan fingerprint density at radius 1 is 1.21 bits per heavy atom. The highest BCUT2D eigenvalue weighted by Crippen LogP contribution is 2.33. The number of rotatable bonds is 4. The largest absolute Gasteiger partial charge is 0.450 e. The van der Waals surface area contributed by atoms with Gasteiger partial charge in [-0.15, -0.1) is 11.3 Å². The molecule has 4 heterocycles. The van der Waals surface area contributed by atoms with E-state index in [4.69, 9.17) is 14.7 Å². The van der Waals surface area contributed by atoms with Gasteiger partial charge in [-0.1, -0.05) is 6.92 Å². The summed E-state index contributed by atoms with van der Waals surface area (Å²) < 4.78 is 5.12. The van der Waals surface area contributed by atoms with Gasteiger partial charge < -0.3 is 14.5 Å². The Labute approximate surface area is 168 Å². The van der Waals surface area contributed by atoms with Crippen LogP contribution in [-0.4, -0.2) is 58.7 Å². The van der Waals surface area contributed by atoms with Gasteiger partial charge in [0, 0.05) is 49.0 Å². The molecule has 0 bridgehead atoms. The highest BCUT2D eigenvalue weighted by molar-refractivity contribution is 7.18. The monoisotopic (exact) mass is 397 g/mol. The van der Waals surface area contributed by atoms with Crippen molar-refractivity contribution in [1.82, 2.24) is 19.9 Å². The number of ether oxygens (including phenoxy) is 1. The number of aromatic nitrogens is 3. The topological polar surface area (TPSA) is 71.5 Å². The number of hydrogen-bond donors (Lipinski definition) is 0. The van der Waals surface area contributed by atoms with E-state index in [2.05, 4.69) is 22.9 Å². The molecule has 146 valence electrons. The number of fused-ring (bicyclic) bond motifs is 1. The van der Waals surface area contributed by atoms with E-state index in [0.29, 0.717) is 38.6 Å². The lowest BCUT2D eigenvalue weighted by Gasteiger charge is -2.35. The summed E-state index contributed by atoms with van der Waals surface area (Å²) in [7, 11) is 0. The van der Waals surface area contributed by atoms with Crippen LogP contribution in [0.2, 0.25) is 0 Å². The lowest BCUT2D eigenvalue weighted by molar-refractivity contribution is 0.105. The number of aryl methyl sites for hydroxylation is 1. The van der Waals surface area contributed by atoms with Crippen molar-refractivity contribution in [3.63, 3.8) is 0 Å². The molecule has 1 aliphatic rings. The van der Waals surface area contributed by atoms with Crippen LogP contribution in [-0.2, 0) is 11.2 Å². The second-order valence-corrected chi connectivity index (χ2v) is 7.69. The number of anilines is 1. The minimum atomic E-state index is -0.241. The fourth-order valence-electron chi connectivity index (χ4n) is 3.31. The van der Waals surface area contributed by atoms with Crippen LogP contribution >= 0.6 is 11.3 Å². The van der Waals surface area contributed by atoms with Crippen LogP contribution in [0.5, 0.6) is 0 Å². The molecule has 0 aromatic carbocycles. The predicted octanol–water partition coefficient (Wildman–Crippen LogP) is 3.59. The lowest BCUT2D eigenvalue weighted by atomic mass is 10.2. The summed E-state index contributed by atoms with van der Waals surface area (Å²) in [6.07, 6.45) is 4.27. The van der Waals surface area contributed by atoms with Gasteiger partial charge in [0.2, 0.25) is 0 Å². The Morgan fingerprint density at radius 3 is 2.71 bits per heavy atom. The lowest BCUT2D eigenvalue weighted by Crippen LogP contribution is -2.49. The average Bonchev–Trinajstić information content (AvgIpc) is 3.17. The first-order valence-electron chi connectivity index (χ1n) is 9.57. The molecule has 1 amide bonds. The highest BCUT2D eigenvalue weighted by Gasteiger charge is 2.25. The fourth-order valence-corrected chi connectivity index (χ4v) is 4.27. The van der Waals surface area contributed by atoms with Crippen molar-refractivity contribution in [3.05, 3.63) is 35.5 Å². The first kappa shape index (κ1) is 18.6. The smallest absolute Gasteiger partial charge is 0.409 e.